The van der Waals surface area contributed by atoms with E-state index in [0.29, 0.717) is 12.8 Å². The van der Waals surface area contributed by atoms with E-state index in [1.54, 1.807) is 6.07 Å². The van der Waals surface area contributed by atoms with Gasteiger partial charge in [-0.3, -0.25) is 4.79 Å². The van der Waals surface area contributed by atoms with Crippen molar-refractivity contribution in [2.75, 3.05) is 0 Å². The number of phenols is 1. The van der Waals surface area contributed by atoms with E-state index in [4.69, 9.17) is 0 Å². The van der Waals surface area contributed by atoms with E-state index in [1.807, 2.05) is 19.1 Å². The third kappa shape index (κ3) is 6.20. The maximum atomic E-state index is 11.8. The summed E-state index contributed by atoms with van der Waals surface area (Å²) in [6, 6.07) is 5.41. The van der Waals surface area contributed by atoms with Crippen LogP contribution in [0.3, 0.4) is 0 Å². The van der Waals surface area contributed by atoms with E-state index >= 15 is 0 Å². The Bertz CT molecular complexity index is 426. The van der Waals surface area contributed by atoms with Gasteiger partial charge in [0, 0.05) is 12.8 Å². The van der Waals surface area contributed by atoms with Crippen LogP contribution in [0.2, 0.25) is 0 Å². The van der Waals surface area contributed by atoms with Gasteiger partial charge in [-0.2, -0.15) is 0 Å². The molecule has 0 radical (unpaired) electrons. The smallest absolute Gasteiger partial charge is 0.135 e. The van der Waals surface area contributed by atoms with Gasteiger partial charge in [0.2, 0.25) is 0 Å². The number of carbonyl (C=O) groups is 1. The molecule has 0 amide bonds. The van der Waals surface area contributed by atoms with Gasteiger partial charge in [0.15, 0.2) is 0 Å². The van der Waals surface area contributed by atoms with E-state index in [2.05, 4.69) is 6.92 Å². The molecular weight excluding hydrogens is 252 g/mol. The summed E-state index contributed by atoms with van der Waals surface area (Å²) in [5.41, 5.74) is 1.88. The number of carbonyl (C=O) groups excluding carboxylic acids is 1. The first-order valence-corrected chi connectivity index (χ1v) is 7.51. The second kappa shape index (κ2) is 8.75. The number of aromatic hydroxyl groups is 1. The average molecular weight is 278 g/mol. The zero-order chi connectivity index (χ0) is 15.0. The van der Waals surface area contributed by atoms with Crippen molar-refractivity contribution in [1.29, 1.82) is 0 Å². The molecule has 0 heterocycles. The summed E-state index contributed by atoms with van der Waals surface area (Å²) in [7, 11) is 0. The topological polar surface area (TPSA) is 57.5 Å². The lowest BCUT2D eigenvalue weighted by molar-refractivity contribution is -0.121. The maximum Gasteiger partial charge on any atom is 0.135 e. The minimum Gasteiger partial charge on any atom is -0.508 e. The fourth-order valence-corrected chi connectivity index (χ4v) is 2.25. The Morgan fingerprint density at radius 3 is 2.70 bits per heavy atom. The predicted molar refractivity (Wildman–Crippen MR) is 80.9 cm³/mol. The van der Waals surface area contributed by atoms with Gasteiger partial charge in [-0.1, -0.05) is 38.3 Å². The van der Waals surface area contributed by atoms with Crippen LogP contribution in [-0.4, -0.2) is 22.1 Å². The fraction of sp³-hybridized carbons (Fsp3) is 0.588. The summed E-state index contributed by atoms with van der Waals surface area (Å²) < 4.78 is 0. The molecule has 2 N–H and O–H groups in total. The summed E-state index contributed by atoms with van der Waals surface area (Å²) in [4.78, 5) is 11.8. The number of Topliss-reactive ketones (excluding diaryl/α,β-unsaturated/α-hetero) is 1. The third-order valence-electron chi connectivity index (χ3n) is 3.56. The number of phenolic OH excluding ortho intramolecular Hbond substituents is 1. The zero-order valence-electron chi connectivity index (χ0n) is 12.6. The predicted octanol–water partition coefficient (Wildman–Crippen LogP) is 3.53. The van der Waals surface area contributed by atoms with Crippen LogP contribution in [-0.2, 0) is 11.2 Å². The molecular formula is C17H26O3. The van der Waals surface area contributed by atoms with Crippen molar-refractivity contribution >= 4 is 5.78 Å². The van der Waals surface area contributed by atoms with Gasteiger partial charge in [0.05, 0.1) is 6.10 Å². The van der Waals surface area contributed by atoms with E-state index in [1.165, 1.54) is 0 Å². The molecule has 1 atom stereocenters. The highest BCUT2D eigenvalue weighted by molar-refractivity contribution is 5.79. The standard InChI is InChI=1S/C17H26O3/c1-3-4-5-6-15(18)12-16(19)9-7-14-8-10-17(20)13(2)11-14/h8,10-11,15,18,20H,3-7,9,12H2,1-2H3/t15-/m0/s1. The highest BCUT2D eigenvalue weighted by Gasteiger charge is 2.11. The minimum absolute atomic E-state index is 0.111. The average Bonchev–Trinajstić information content (AvgIpc) is 2.40. The summed E-state index contributed by atoms with van der Waals surface area (Å²) in [5, 5.41) is 19.2. The Morgan fingerprint density at radius 2 is 2.05 bits per heavy atom. The van der Waals surface area contributed by atoms with E-state index in [9.17, 15) is 15.0 Å². The second-order valence-electron chi connectivity index (χ2n) is 5.51. The Hall–Kier alpha value is -1.35. The minimum atomic E-state index is -0.490. The number of rotatable bonds is 9. The molecule has 3 heteroatoms. The van der Waals surface area contributed by atoms with Gasteiger partial charge in [-0.15, -0.1) is 0 Å². The number of unbranched alkanes of at least 4 members (excludes halogenated alkanes) is 2. The number of hydrogen-bond acceptors (Lipinski definition) is 3. The van der Waals surface area contributed by atoms with Crippen LogP contribution in [0.25, 0.3) is 0 Å². The van der Waals surface area contributed by atoms with Crippen LogP contribution in [0, 0.1) is 6.92 Å². The molecule has 1 aromatic carbocycles. The molecule has 0 spiro atoms. The Balaban J connectivity index is 2.30. The molecule has 0 fully saturated rings. The highest BCUT2D eigenvalue weighted by atomic mass is 16.3. The molecule has 0 aliphatic rings. The molecule has 112 valence electrons. The number of aliphatic hydroxyl groups excluding tert-OH is 1. The first-order chi connectivity index (χ1) is 9.52. The molecule has 1 aromatic rings. The Morgan fingerprint density at radius 1 is 1.30 bits per heavy atom. The monoisotopic (exact) mass is 278 g/mol. The summed E-state index contributed by atoms with van der Waals surface area (Å²) >= 11 is 0. The third-order valence-corrected chi connectivity index (χ3v) is 3.56. The molecule has 0 aromatic heterocycles. The normalized spacial score (nSPS) is 12.3. The van der Waals surface area contributed by atoms with Gasteiger partial charge < -0.3 is 10.2 Å². The molecule has 1 rings (SSSR count). The van der Waals surface area contributed by atoms with E-state index in [0.717, 1.165) is 36.8 Å². The van der Waals surface area contributed by atoms with Crippen LogP contribution in [0.15, 0.2) is 18.2 Å². The van der Waals surface area contributed by atoms with Crippen LogP contribution < -0.4 is 0 Å². The van der Waals surface area contributed by atoms with Crippen molar-refractivity contribution in [3.8, 4) is 5.75 Å². The lowest BCUT2D eigenvalue weighted by atomic mass is 10.0. The van der Waals surface area contributed by atoms with E-state index < -0.39 is 6.10 Å². The molecule has 20 heavy (non-hydrogen) atoms. The van der Waals surface area contributed by atoms with Gasteiger partial charge in [0.25, 0.3) is 0 Å². The van der Waals surface area contributed by atoms with Crippen LogP contribution in [0.1, 0.15) is 56.6 Å². The second-order valence-corrected chi connectivity index (χ2v) is 5.51. The Labute approximate surface area is 121 Å². The molecule has 0 unspecified atom stereocenters. The molecule has 3 nitrogen and oxygen atoms in total. The number of aliphatic hydroxyl groups is 1. The summed E-state index contributed by atoms with van der Waals surface area (Å²) in [6.45, 7) is 3.97. The van der Waals surface area contributed by atoms with Crippen molar-refractivity contribution in [1.82, 2.24) is 0 Å². The first-order valence-electron chi connectivity index (χ1n) is 7.51. The number of ketones is 1. The van der Waals surface area contributed by atoms with Crippen LogP contribution in [0.5, 0.6) is 5.75 Å². The van der Waals surface area contributed by atoms with Crippen molar-refractivity contribution in [3.63, 3.8) is 0 Å². The number of aryl methyl sites for hydroxylation is 2. The summed E-state index contributed by atoms with van der Waals surface area (Å²) in [6.07, 6.45) is 4.84. The Kier molecular flexibility index (Phi) is 7.31. The van der Waals surface area contributed by atoms with Gasteiger partial charge >= 0.3 is 0 Å². The van der Waals surface area contributed by atoms with Crippen LogP contribution >= 0.6 is 0 Å². The molecule has 0 saturated carbocycles. The van der Waals surface area contributed by atoms with Crippen molar-refractivity contribution < 1.29 is 15.0 Å². The summed E-state index contributed by atoms with van der Waals surface area (Å²) in [5.74, 6) is 0.395. The van der Waals surface area contributed by atoms with Gasteiger partial charge in [-0.25, -0.2) is 0 Å². The molecule has 0 saturated heterocycles. The van der Waals surface area contributed by atoms with Gasteiger partial charge in [-0.05, 0) is 37.0 Å². The molecule has 0 aliphatic heterocycles. The zero-order valence-corrected chi connectivity index (χ0v) is 12.6. The van der Waals surface area contributed by atoms with Crippen molar-refractivity contribution in [2.45, 2.75) is 64.9 Å². The SMILES string of the molecule is CCCCC[C@H](O)CC(=O)CCc1ccc(O)c(C)c1. The first kappa shape index (κ1) is 16.7. The lowest BCUT2D eigenvalue weighted by Gasteiger charge is -2.09. The maximum absolute atomic E-state index is 11.8. The highest BCUT2D eigenvalue weighted by Crippen LogP contribution is 2.18. The van der Waals surface area contributed by atoms with E-state index in [-0.39, 0.29) is 18.0 Å². The van der Waals surface area contributed by atoms with Crippen LogP contribution in [0.4, 0.5) is 0 Å². The number of benzene rings is 1. The largest absolute Gasteiger partial charge is 0.508 e. The molecule has 0 aliphatic carbocycles. The molecule has 0 bridgehead atoms. The lowest BCUT2D eigenvalue weighted by Crippen LogP contribution is -2.13. The van der Waals surface area contributed by atoms with Gasteiger partial charge in [0.1, 0.15) is 11.5 Å². The number of hydrogen-bond donors (Lipinski definition) is 2. The van der Waals surface area contributed by atoms with Crippen molar-refractivity contribution in [2.24, 2.45) is 0 Å². The quantitative estimate of drug-likeness (QED) is 0.679. The fourth-order valence-electron chi connectivity index (χ4n) is 2.25. The van der Waals surface area contributed by atoms with Crippen molar-refractivity contribution in [3.05, 3.63) is 29.3 Å².